The van der Waals surface area contributed by atoms with Gasteiger partial charge in [0.15, 0.2) is 5.84 Å². The molecule has 4 heteroatoms. The van der Waals surface area contributed by atoms with Gasteiger partial charge in [0.25, 0.3) is 0 Å². The Labute approximate surface area is 117 Å². The van der Waals surface area contributed by atoms with Crippen molar-refractivity contribution in [3.05, 3.63) is 71.8 Å². The summed E-state index contributed by atoms with van der Waals surface area (Å²) in [4.78, 5) is 4.41. The number of rotatable bonds is 2. The van der Waals surface area contributed by atoms with Gasteiger partial charge < -0.3 is 5.32 Å². The van der Waals surface area contributed by atoms with Crippen LogP contribution < -0.4 is 10.8 Å². The number of para-hydroxylation sites is 1. The molecule has 0 fully saturated rings. The van der Waals surface area contributed by atoms with Crippen molar-refractivity contribution >= 4 is 17.6 Å². The molecule has 0 saturated carbocycles. The zero-order chi connectivity index (χ0) is 13.8. The fourth-order valence-corrected chi connectivity index (χ4v) is 2.16. The van der Waals surface area contributed by atoms with Crippen molar-refractivity contribution in [3.63, 3.8) is 0 Å². The van der Waals surface area contributed by atoms with Gasteiger partial charge in [-0.1, -0.05) is 48.5 Å². The highest BCUT2D eigenvalue weighted by Gasteiger charge is 2.17. The highest BCUT2D eigenvalue weighted by molar-refractivity contribution is 6.04. The van der Waals surface area contributed by atoms with Gasteiger partial charge >= 0.3 is 0 Å². The average Bonchev–Trinajstić information content (AvgIpc) is 2.53. The van der Waals surface area contributed by atoms with Gasteiger partial charge in [-0.05, 0) is 23.8 Å². The lowest BCUT2D eigenvalue weighted by molar-refractivity contribution is 0.234. The average molecular weight is 265 g/mol. The molecule has 1 heterocycles. The first-order valence-corrected chi connectivity index (χ1v) is 6.44. The number of nitrogens with one attached hydrogen (secondary N) is 2. The lowest BCUT2D eigenvalue weighted by Crippen LogP contribution is -2.31. The van der Waals surface area contributed by atoms with Crippen LogP contribution in [0.1, 0.15) is 11.1 Å². The largest absolute Gasteiger partial charge is 0.360 e. The molecule has 4 nitrogen and oxygen atoms in total. The molecule has 1 aliphatic rings. The zero-order valence-electron chi connectivity index (χ0n) is 10.8. The second kappa shape index (κ2) is 5.59. The number of hydrogen-bond donors (Lipinski definition) is 3. The lowest BCUT2D eigenvalue weighted by Gasteiger charge is -2.22. The molecular weight excluding hydrogens is 250 g/mol. The molecule has 20 heavy (non-hydrogen) atoms. The summed E-state index contributed by atoms with van der Waals surface area (Å²) in [5.74, 6) is 0.474. The van der Waals surface area contributed by atoms with Crippen molar-refractivity contribution in [3.8, 4) is 0 Å². The molecule has 100 valence electrons. The highest BCUT2D eigenvalue weighted by atomic mass is 16.5. The van der Waals surface area contributed by atoms with E-state index < -0.39 is 0 Å². The summed E-state index contributed by atoms with van der Waals surface area (Å²) in [5.41, 5.74) is 5.08. The number of hydrogen-bond acceptors (Lipinski definition) is 4. The SMILES string of the molecule is ONC1=N[C@@H](/C=C/c2ccccc2)Nc2ccccc21. The first kappa shape index (κ1) is 12.4. The molecule has 2 aromatic rings. The summed E-state index contributed by atoms with van der Waals surface area (Å²) in [7, 11) is 0. The quantitative estimate of drug-likeness (QED) is 0.732. The van der Waals surface area contributed by atoms with Gasteiger partial charge in [-0.25, -0.2) is 4.99 Å². The van der Waals surface area contributed by atoms with E-state index in [0.717, 1.165) is 16.8 Å². The molecular formula is C16H15N3O. The Hall–Kier alpha value is -2.59. The number of nitrogens with zero attached hydrogens (tertiary/aromatic N) is 1. The third-order valence-corrected chi connectivity index (χ3v) is 3.13. The smallest absolute Gasteiger partial charge is 0.156 e. The summed E-state index contributed by atoms with van der Waals surface area (Å²) in [6.07, 6.45) is 3.76. The molecule has 3 N–H and O–H groups in total. The van der Waals surface area contributed by atoms with E-state index in [1.54, 1.807) is 0 Å². The van der Waals surface area contributed by atoms with E-state index in [-0.39, 0.29) is 6.17 Å². The molecule has 1 atom stereocenters. The number of hydroxylamine groups is 1. The molecule has 0 spiro atoms. The van der Waals surface area contributed by atoms with Gasteiger partial charge in [-0.15, -0.1) is 0 Å². The zero-order valence-corrected chi connectivity index (χ0v) is 10.8. The molecule has 3 rings (SSSR count). The van der Waals surface area contributed by atoms with Gasteiger partial charge in [0.05, 0.1) is 0 Å². The summed E-state index contributed by atoms with van der Waals surface area (Å²) in [6, 6.07) is 17.8. The van der Waals surface area contributed by atoms with Gasteiger partial charge in [-0.3, -0.25) is 10.7 Å². The highest BCUT2D eigenvalue weighted by Crippen LogP contribution is 2.21. The van der Waals surface area contributed by atoms with Crippen molar-refractivity contribution in [1.82, 2.24) is 5.48 Å². The third-order valence-electron chi connectivity index (χ3n) is 3.13. The minimum Gasteiger partial charge on any atom is -0.360 e. The van der Waals surface area contributed by atoms with Crippen molar-refractivity contribution in [2.24, 2.45) is 4.99 Å². The molecule has 0 aliphatic carbocycles. The molecule has 0 radical (unpaired) electrons. The van der Waals surface area contributed by atoms with Crippen LogP contribution in [-0.2, 0) is 0 Å². The van der Waals surface area contributed by atoms with E-state index >= 15 is 0 Å². The van der Waals surface area contributed by atoms with Crippen molar-refractivity contribution in [2.45, 2.75) is 6.17 Å². The first-order valence-electron chi connectivity index (χ1n) is 6.44. The topological polar surface area (TPSA) is 56.6 Å². The molecule has 0 unspecified atom stereocenters. The molecule has 0 aromatic heterocycles. The molecule has 1 aliphatic heterocycles. The van der Waals surface area contributed by atoms with E-state index in [2.05, 4.69) is 15.8 Å². The number of anilines is 1. The standard InChI is InChI=1S/C16H15N3O/c20-19-16-13-8-4-5-9-14(13)17-15(18-16)11-10-12-6-2-1-3-7-12/h1-11,15,17,20H,(H,18,19)/b11-10+/t15-/m0/s1. The van der Waals surface area contributed by atoms with Crippen molar-refractivity contribution in [1.29, 1.82) is 0 Å². The predicted molar refractivity (Wildman–Crippen MR) is 80.8 cm³/mol. The van der Waals surface area contributed by atoms with Crippen LogP contribution in [0.3, 0.4) is 0 Å². The van der Waals surface area contributed by atoms with Crippen LogP contribution in [0.15, 0.2) is 65.7 Å². The second-order valence-electron chi connectivity index (χ2n) is 4.49. The number of benzene rings is 2. The Kier molecular flexibility index (Phi) is 3.48. The Morgan fingerprint density at radius 1 is 1.05 bits per heavy atom. The summed E-state index contributed by atoms with van der Waals surface area (Å²) >= 11 is 0. The van der Waals surface area contributed by atoms with Crippen LogP contribution in [0.4, 0.5) is 5.69 Å². The first-order chi connectivity index (χ1) is 9.86. The van der Waals surface area contributed by atoms with E-state index in [4.69, 9.17) is 0 Å². The van der Waals surface area contributed by atoms with E-state index in [0.29, 0.717) is 5.84 Å². The van der Waals surface area contributed by atoms with Crippen LogP contribution in [0.2, 0.25) is 0 Å². The monoisotopic (exact) mass is 265 g/mol. The number of fused-ring (bicyclic) bond motifs is 1. The maximum atomic E-state index is 9.21. The van der Waals surface area contributed by atoms with E-state index in [9.17, 15) is 5.21 Å². The van der Waals surface area contributed by atoms with Crippen LogP contribution >= 0.6 is 0 Å². The minimum atomic E-state index is -0.209. The maximum Gasteiger partial charge on any atom is 0.156 e. The van der Waals surface area contributed by atoms with Crippen LogP contribution in [-0.4, -0.2) is 17.2 Å². The second-order valence-corrected chi connectivity index (χ2v) is 4.49. The van der Waals surface area contributed by atoms with Crippen molar-refractivity contribution < 1.29 is 5.21 Å². The molecule has 0 amide bonds. The van der Waals surface area contributed by atoms with Gasteiger partial charge in [0.1, 0.15) is 6.17 Å². The summed E-state index contributed by atoms with van der Waals surface area (Å²) < 4.78 is 0. The number of aliphatic imine (C=N–C) groups is 1. The Morgan fingerprint density at radius 3 is 2.60 bits per heavy atom. The maximum absolute atomic E-state index is 9.21. The van der Waals surface area contributed by atoms with Crippen LogP contribution in [0.5, 0.6) is 0 Å². The van der Waals surface area contributed by atoms with E-state index in [1.807, 2.05) is 66.7 Å². The molecule has 0 saturated heterocycles. The Bertz CT molecular complexity index is 650. The Morgan fingerprint density at radius 2 is 1.80 bits per heavy atom. The summed E-state index contributed by atoms with van der Waals surface area (Å²) in [6.45, 7) is 0. The van der Waals surface area contributed by atoms with Gasteiger partial charge in [-0.2, -0.15) is 0 Å². The van der Waals surface area contributed by atoms with Crippen molar-refractivity contribution in [2.75, 3.05) is 5.32 Å². The van der Waals surface area contributed by atoms with E-state index in [1.165, 1.54) is 0 Å². The lowest BCUT2D eigenvalue weighted by atomic mass is 10.1. The number of amidine groups is 1. The minimum absolute atomic E-state index is 0.209. The fraction of sp³-hybridized carbons (Fsp3) is 0.0625. The normalized spacial score (nSPS) is 17.2. The van der Waals surface area contributed by atoms with Gasteiger partial charge in [0, 0.05) is 11.3 Å². The fourth-order valence-electron chi connectivity index (χ4n) is 2.16. The van der Waals surface area contributed by atoms with Crippen LogP contribution in [0.25, 0.3) is 6.08 Å². The third kappa shape index (κ3) is 2.55. The van der Waals surface area contributed by atoms with Gasteiger partial charge in [0.2, 0.25) is 0 Å². The molecule has 0 bridgehead atoms. The Balaban J connectivity index is 1.85. The summed E-state index contributed by atoms with van der Waals surface area (Å²) in [5, 5.41) is 12.5. The molecule has 2 aromatic carbocycles. The van der Waals surface area contributed by atoms with Crippen LogP contribution in [0, 0.1) is 0 Å². The predicted octanol–water partition coefficient (Wildman–Crippen LogP) is 2.88.